The fourth-order valence-electron chi connectivity index (χ4n) is 1.85. The van der Waals surface area contributed by atoms with Crippen LogP contribution in [0, 0.1) is 6.92 Å². The normalized spacial score (nSPS) is 10.7. The van der Waals surface area contributed by atoms with Crippen molar-refractivity contribution >= 4 is 5.69 Å². The van der Waals surface area contributed by atoms with Crippen molar-refractivity contribution in [1.29, 1.82) is 0 Å². The van der Waals surface area contributed by atoms with Crippen LogP contribution < -0.4 is 5.73 Å². The number of anilines is 1. The lowest BCUT2D eigenvalue weighted by molar-refractivity contribution is 0.432. The van der Waals surface area contributed by atoms with Crippen LogP contribution in [0.15, 0.2) is 47.0 Å². The molecule has 3 N–H and O–H groups in total. The number of hydrogen-bond donors (Lipinski definition) is 2. The summed E-state index contributed by atoms with van der Waals surface area (Å²) in [6.07, 6.45) is 0. The molecule has 1 heterocycles. The minimum atomic E-state index is 0.0343. The molecule has 0 radical (unpaired) electrons. The zero-order chi connectivity index (χ0) is 14.1. The molecule has 0 aliphatic carbocycles. The third-order valence-electron chi connectivity index (χ3n) is 3.01. The number of nitrogen functional groups attached to an aromatic ring is 1. The van der Waals surface area contributed by atoms with Crippen LogP contribution in [0.1, 0.15) is 5.56 Å². The molecule has 0 bridgehead atoms. The summed E-state index contributed by atoms with van der Waals surface area (Å²) in [5, 5.41) is 13.4. The number of aryl methyl sites for hydroxylation is 1. The summed E-state index contributed by atoms with van der Waals surface area (Å²) in [6.45, 7) is 2.02. The molecule has 0 saturated heterocycles. The topological polar surface area (TPSA) is 85.2 Å². The van der Waals surface area contributed by atoms with Crippen LogP contribution in [0.2, 0.25) is 0 Å². The van der Waals surface area contributed by atoms with E-state index in [0.29, 0.717) is 17.3 Å². The molecule has 2 aromatic carbocycles. The van der Waals surface area contributed by atoms with E-state index in [4.69, 9.17) is 10.3 Å². The molecule has 0 spiro atoms. The Morgan fingerprint density at radius 1 is 1.05 bits per heavy atom. The molecule has 0 amide bonds. The van der Waals surface area contributed by atoms with Gasteiger partial charge in [0.15, 0.2) is 0 Å². The van der Waals surface area contributed by atoms with Crippen LogP contribution in [0.4, 0.5) is 5.69 Å². The van der Waals surface area contributed by atoms with Crippen molar-refractivity contribution in [2.75, 3.05) is 5.73 Å². The van der Waals surface area contributed by atoms with Crippen molar-refractivity contribution < 1.29 is 9.63 Å². The Hall–Kier alpha value is -2.82. The Morgan fingerprint density at radius 3 is 2.45 bits per heavy atom. The predicted octanol–water partition coefficient (Wildman–Crippen LogP) is 3.00. The van der Waals surface area contributed by atoms with Crippen molar-refractivity contribution in [1.82, 2.24) is 10.1 Å². The van der Waals surface area contributed by atoms with Crippen LogP contribution in [0.5, 0.6) is 5.75 Å². The number of nitrogens with two attached hydrogens (primary N) is 1. The summed E-state index contributed by atoms with van der Waals surface area (Å²) in [5.41, 5.74) is 8.66. The molecule has 0 atom stereocenters. The van der Waals surface area contributed by atoms with Gasteiger partial charge in [0.25, 0.3) is 5.89 Å². The molecule has 0 aliphatic heterocycles. The van der Waals surface area contributed by atoms with Crippen molar-refractivity contribution in [3.05, 3.63) is 48.0 Å². The molecule has 100 valence electrons. The molecule has 3 rings (SSSR count). The fraction of sp³-hybridized carbons (Fsp3) is 0.0667. The van der Waals surface area contributed by atoms with E-state index in [1.165, 1.54) is 11.6 Å². The molecule has 0 saturated carbocycles. The minimum absolute atomic E-state index is 0.0343. The summed E-state index contributed by atoms with van der Waals surface area (Å²) in [7, 11) is 0. The fourth-order valence-corrected chi connectivity index (χ4v) is 1.85. The van der Waals surface area contributed by atoms with Gasteiger partial charge in [0, 0.05) is 11.1 Å². The largest absolute Gasteiger partial charge is 0.506 e. The Balaban J connectivity index is 1.97. The van der Waals surface area contributed by atoms with Crippen molar-refractivity contribution in [3.63, 3.8) is 0 Å². The Bertz CT molecular complexity index is 748. The second-order valence-electron chi connectivity index (χ2n) is 4.56. The zero-order valence-corrected chi connectivity index (χ0v) is 10.9. The van der Waals surface area contributed by atoms with Crippen molar-refractivity contribution in [3.8, 4) is 28.6 Å². The Kier molecular flexibility index (Phi) is 2.87. The standard InChI is InChI=1S/C15H13N3O2/c1-9-2-4-10(5-3-9)14-17-15(20-18-14)11-6-7-13(19)12(16)8-11/h2-8,19H,16H2,1H3. The van der Waals surface area contributed by atoms with Crippen LogP contribution in [-0.2, 0) is 0 Å². The van der Waals surface area contributed by atoms with Crippen LogP contribution >= 0.6 is 0 Å². The van der Waals surface area contributed by atoms with Crippen molar-refractivity contribution in [2.24, 2.45) is 0 Å². The molecule has 5 heteroatoms. The maximum atomic E-state index is 9.41. The molecular formula is C15H13N3O2. The average molecular weight is 267 g/mol. The highest BCUT2D eigenvalue weighted by atomic mass is 16.5. The SMILES string of the molecule is Cc1ccc(-c2noc(-c3ccc(O)c(N)c3)n2)cc1. The minimum Gasteiger partial charge on any atom is -0.506 e. The Morgan fingerprint density at radius 2 is 1.75 bits per heavy atom. The van der Waals surface area contributed by atoms with Gasteiger partial charge in [0.05, 0.1) is 5.69 Å². The lowest BCUT2D eigenvalue weighted by Crippen LogP contribution is -1.87. The van der Waals surface area contributed by atoms with E-state index in [-0.39, 0.29) is 11.4 Å². The number of nitrogens with zero attached hydrogens (tertiary/aromatic N) is 2. The number of phenols is 1. The first-order chi connectivity index (χ1) is 9.63. The first kappa shape index (κ1) is 12.2. The van der Waals surface area contributed by atoms with E-state index in [1.807, 2.05) is 31.2 Å². The van der Waals surface area contributed by atoms with Gasteiger partial charge in [-0.1, -0.05) is 35.0 Å². The first-order valence-corrected chi connectivity index (χ1v) is 6.13. The van der Waals surface area contributed by atoms with Crippen LogP contribution in [0.3, 0.4) is 0 Å². The van der Waals surface area contributed by atoms with Gasteiger partial charge in [-0.15, -0.1) is 0 Å². The summed E-state index contributed by atoms with van der Waals surface area (Å²) < 4.78 is 5.23. The van der Waals surface area contributed by atoms with Gasteiger partial charge in [-0.25, -0.2) is 0 Å². The molecule has 0 fully saturated rings. The molecule has 1 aromatic heterocycles. The predicted molar refractivity (Wildman–Crippen MR) is 76.0 cm³/mol. The second kappa shape index (κ2) is 4.70. The maximum Gasteiger partial charge on any atom is 0.258 e. The number of phenolic OH excluding ortho intramolecular Hbond substituents is 1. The van der Waals surface area contributed by atoms with Crippen LogP contribution in [-0.4, -0.2) is 15.2 Å². The van der Waals surface area contributed by atoms with E-state index in [2.05, 4.69) is 10.1 Å². The highest BCUT2D eigenvalue weighted by Gasteiger charge is 2.11. The van der Waals surface area contributed by atoms with E-state index in [1.54, 1.807) is 12.1 Å². The number of aromatic nitrogens is 2. The van der Waals surface area contributed by atoms with E-state index in [0.717, 1.165) is 5.56 Å². The van der Waals surface area contributed by atoms with Gasteiger partial charge < -0.3 is 15.4 Å². The van der Waals surface area contributed by atoms with E-state index in [9.17, 15) is 5.11 Å². The highest BCUT2D eigenvalue weighted by Crippen LogP contribution is 2.28. The molecule has 20 heavy (non-hydrogen) atoms. The van der Waals surface area contributed by atoms with Gasteiger partial charge in [0.2, 0.25) is 5.82 Å². The number of benzene rings is 2. The summed E-state index contributed by atoms with van der Waals surface area (Å²) in [4.78, 5) is 4.34. The summed E-state index contributed by atoms with van der Waals surface area (Å²) in [5.74, 6) is 0.922. The second-order valence-corrected chi connectivity index (χ2v) is 4.56. The van der Waals surface area contributed by atoms with Crippen molar-refractivity contribution in [2.45, 2.75) is 6.92 Å². The molecule has 0 aliphatic rings. The quantitative estimate of drug-likeness (QED) is 0.550. The van der Waals surface area contributed by atoms with E-state index >= 15 is 0 Å². The third kappa shape index (κ3) is 2.21. The first-order valence-electron chi connectivity index (χ1n) is 6.13. The van der Waals surface area contributed by atoms with E-state index < -0.39 is 0 Å². The maximum absolute atomic E-state index is 9.41. The number of hydrogen-bond acceptors (Lipinski definition) is 5. The monoisotopic (exact) mass is 267 g/mol. The lowest BCUT2D eigenvalue weighted by atomic mass is 10.1. The smallest absolute Gasteiger partial charge is 0.258 e. The lowest BCUT2D eigenvalue weighted by Gasteiger charge is -1.99. The Labute approximate surface area is 115 Å². The average Bonchev–Trinajstić information content (AvgIpc) is 2.92. The highest BCUT2D eigenvalue weighted by molar-refractivity contribution is 5.66. The molecule has 0 unspecified atom stereocenters. The molecular weight excluding hydrogens is 254 g/mol. The van der Waals surface area contributed by atoms with Crippen LogP contribution in [0.25, 0.3) is 22.8 Å². The molecule has 3 aromatic rings. The van der Waals surface area contributed by atoms with Gasteiger partial charge in [0.1, 0.15) is 5.75 Å². The third-order valence-corrected chi connectivity index (χ3v) is 3.01. The van der Waals surface area contributed by atoms with Gasteiger partial charge in [-0.2, -0.15) is 4.98 Å². The van der Waals surface area contributed by atoms with Gasteiger partial charge in [-0.05, 0) is 25.1 Å². The zero-order valence-electron chi connectivity index (χ0n) is 10.9. The van der Waals surface area contributed by atoms with Gasteiger partial charge >= 0.3 is 0 Å². The van der Waals surface area contributed by atoms with Gasteiger partial charge in [-0.3, -0.25) is 0 Å². The summed E-state index contributed by atoms with van der Waals surface area (Å²) >= 11 is 0. The number of rotatable bonds is 2. The summed E-state index contributed by atoms with van der Waals surface area (Å²) in [6, 6.07) is 12.6. The number of aromatic hydroxyl groups is 1. The molecule has 5 nitrogen and oxygen atoms in total.